The summed E-state index contributed by atoms with van der Waals surface area (Å²) in [6, 6.07) is 26.3. The van der Waals surface area contributed by atoms with Crippen LogP contribution in [0.5, 0.6) is 0 Å². The normalized spacial score (nSPS) is 11.1. The van der Waals surface area contributed by atoms with E-state index in [9.17, 15) is 9.59 Å². The van der Waals surface area contributed by atoms with Gasteiger partial charge in [0, 0.05) is 19.1 Å². The van der Waals surface area contributed by atoms with Crippen molar-refractivity contribution >= 4 is 23.6 Å². The molecule has 0 aliphatic heterocycles. The Hall–Kier alpha value is -3.44. The predicted octanol–water partition coefficient (Wildman–Crippen LogP) is 6.72. The smallest absolute Gasteiger partial charge is 0.207 e. The van der Waals surface area contributed by atoms with Crippen molar-refractivity contribution in [3.63, 3.8) is 0 Å². The van der Waals surface area contributed by atoms with Gasteiger partial charge in [0.25, 0.3) is 0 Å². The minimum atomic E-state index is 0.465. The van der Waals surface area contributed by atoms with Crippen molar-refractivity contribution in [1.29, 1.82) is 0 Å². The molecule has 0 saturated carbocycles. The van der Waals surface area contributed by atoms with E-state index in [0.29, 0.717) is 18.4 Å². The lowest BCUT2D eigenvalue weighted by atomic mass is 9.92. The molecule has 0 fully saturated rings. The van der Waals surface area contributed by atoms with Crippen LogP contribution in [0.25, 0.3) is 10.8 Å². The second-order valence-electron chi connectivity index (χ2n) is 8.97. The fourth-order valence-corrected chi connectivity index (χ4v) is 4.17. The van der Waals surface area contributed by atoms with E-state index in [1.54, 1.807) is 6.08 Å². The Labute approximate surface area is 237 Å². The van der Waals surface area contributed by atoms with Gasteiger partial charge in [-0.3, -0.25) is 9.59 Å². The highest BCUT2D eigenvalue weighted by atomic mass is 16.1. The van der Waals surface area contributed by atoms with Gasteiger partial charge in [0.05, 0.1) is 0 Å². The van der Waals surface area contributed by atoms with E-state index in [0.717, 1.165) is 51.6 Å². The van der Waals surface area contributed by atoms with Crippen LogP contribution in [-0.4, -0.2) is 39.0 Å². The number of likely N-dealkylation sites (N-methyl/N-ethyl adjacent to an activating group) is 1. The first-order chi connectivity index (χ1) is 19.1. The minimum absolute atomic E-state index is 0.465. The van der Waals surface area contributed by atoms with E-state index in [1.165, 1.54) is 21.9 Å². The molecular formula is C34H51N3O2. The minimum Gasteiger partial charge on any atom is -0.359 e. The fraction of sp³-hybridized carbons (Fsp3) is 0.412. The third kappa shape index (κ3) is 16.9. The molecule has 0 aliphatic carbocycles. The van der Waals surface area contributed by atoms with Crippen molar-refractivity contribution in [2.24, 2.45) is 5.92 Å². The summed E-state index contributed by atoms with van der Waals surface area (Å²) in [5.41, 5.74) is 2.72. The van der Waals surface area contributed by atoms with Crippen molar-refractivity contribution in [3.05, 3.63) is 96.6 Å². The molecule has 2 amide bonds. The van der Waals surface area contributed by atoms with Crippen LogP contribution >= 0.6 is 0 Å². The van der Waals surface area contributed by atoms with Crippen molar-refractivity contribution in [1.82, 2.24) is 16.0 Å². The van der Waals surface area contributed by atoms with Crippen molar-refractivity contribution in [2.45, 2.75) is 65.8 Å². The van der Waals surface area contributed by atoms with E-state index in [4.69, 9.17) is 0 Å². The van der Waals surface area contributed by atoms with Gasteiger partial charge >= 0.3 is 0 Å². The molecule has 5 heteroatoms. The lowest BCUT2D eigenvalue weighted by Gasteiger charge is -2.20. The summed E-state index contributed by atoms with van der Waals surface area (Å²) < 4.78 is 0. The SMILES string of the molecule is C=CC.CC.CCNC=O.CNC(CCCC(CNC=O)Cc1ccccc1)Cc1ccc2ccccc2c1. The molecule has 5 nitrogen and oxygen atoms in total. The molecule has 0 radical (unpaired) electrons. The van der Waals surface area contributed by atoms with Gasteiger partial charge in [0.1, 0.15) is 0 Å². The van der Waals surface area contributed by atoms with Gasteiger partial charge in [0.15, 0.2) is 0 Å². The first-order valence-corrected chi connectivity index (χ1v) is 14.2. The molecule has 3 aromatic rings. The third-order valence-corrected chi connectivity index (χ3v) is 6.01. The first-order valence-electron chi connectivity index (χ1n) is 14.2. The second-order valence-corrected chi connectivity index (χ2v) is 8.97. The quantitative estimate of drug-likeness (QED) is 0.159. The third-order valence-electron chi connectivity index (χ3n) is 6.01. The zero-order chi connectivity index (χ0) is 29.1. The van der Waals surface area contributed by atoms with Crippen LogP contribution in [0.4, 0.5) is 0 Å². The highest BCUT2D eigenvalue weighted by Crippen LogP contribution is 2.19. The Bertz CT molecular complexity index is 1010. The molecule has 214 valence electrons. The summed E-state index contributed by atoms with van der Waals surface area (Å²) in [7, 11) is 2.06. The molecule has 0 bridgehead atoms. The number of hydrogen-bond acceptors (Lipinski definition) is 3. The Morgan fingerprint density at radius 1 is 0.795 bits per heavy atom. The monoisotopic (exact) mass is 533 g/mol. The molecule has 0 aliphatic rings. The number of hydrogen-bond donors (Lipinski definition) is 3. The van der Waals surface area contributed by atoms with Gasteiger partial charge < -0.3 is 16.0 Å². The summed E-state index contributed by atoms with van der Waals surface area (Å²) >= 11 is 0. The molecule has 0 spiro atoms. The fourth-order valence-electron chi connectivity index (χ4n) is 4.17. The lowest BCUT2D eigenvalue weighted by Crippen LogP contribution is -2.28. The molecule has 3 N–H and O–H groups in total. The standard InChI is InChI=1S/C26H32N2O.C3H7NO.C3H6.C2H6/c1-27-26(18-22-14-15-24-11-5-6-12-25(24)17-22)13-7-10-23(19-28-20-29)16-21-8-3-2-4-9-21;1-2-4-3-5;1-3-2;1-2/h2-6,8-9,11-12,14-15,17,20,23,26-27H,7,10,13,16,18-19H2,1H3,(H,28,29);3H,2H2,1H3,(H,4,5);3H,1H2,2H3;1-2H3. The molecule has 39 heavy (non-hydrogen) atoms. The van der Waals surface area contributed by atoms with Gasteiger partial charge in [0.2, 0.25) is 12.8 Å². The van der Waals surface area contributed by atoms with E-state index in [2.05, 4.69) is 96.3 Å². The summed E-state index contributed by atoms with van der Waals surface area (Å²) in [5, 5.41) is 11.4. The van der Waals surface area contributed by atoms with E-state index in [-0.39, 0.29) is 0 Å². The number of allylic oxidation sites excluding steroid dienone is 1. The first kappa shape index (κ1) is 35.6. The highest BCUT2D eigenvalue weighted by molar-refractivity contribution is 5.83. The summed E-state index contributed by atoms with van der Waals surface area (Å²) in [6.45, 7) is 12.6. The van der Waals surface area contributed by atoms with Crippen LogP contribution in [0.1, 0.15) is 58.1 Å². The molecule has 0 saturated heterocycles. The Balaban J connectivity index is 0.00000125. The van der Waals surface area contributed by atoms with E-state index >= 15 is 0 Å². The number of carbonyl (C=O) groups is 2. The Kier molecular flexibility index (Phi) is 22.7. The van der Waals surface area contributed by atoms with Gasteiger partial charge in [-0.2, -0.15) is 0 Å². The van der Waals surface area contributed by atoms with Crippen molar-refractivity contribution < 1.29 is 9.59 Å². The largest absolute Gasteiger partial charge is 0.359 e. The molecule has 3 aromatic carbocycles. The molecule has 2 unspecified atom stereocenters. The average Bonchev–Trinajstić information content (AvgIpc) is 2.98. The Morgan fingerprint density at radius 2 is 1.41 bits per heavy atom. The summed E-state index contributed by atoms with van der Waals surface area (Å²) in [5.74, 6) is 0.473. The van der Waals surface area contributed by atoms with Crippen LogP contribution in [0.3, 0.4) is 0 Å². The number of carbonyl (C=O) groups excluding carboxylic acids is 2. The molecule has 2 atom stereocenters. The van der Waals surface area contributed by atoms with E-state index < -0.39 is 0 Å². The zero-order valence-electron chi connectivity index (χ0n) is 24.8. The molecule has 0 aromatic heterocycles. The number of benzene rings is 3. The van der Waals surface area contributed by atoms with Crippen LogP contribution in [-0.2, 0) is 22.4 Å². The van der Waals surface area contributed by atoms with Gasteiger partial charge in [-0.15, -0.1) is 6.58 Å². The highest BCUT2D eigenvalue weighted by Gasteiger charge is 2.13. The molecular weight excluding hydrogens is 482 g/mol. The number of amides is 2. The topological polar surface area (TPSA) is 70.2 Å². The van der Waals surface area contributed by atoms with Crippen LogP contribution < -0.4 is 16.0 Å². The van der Waals surface area contributed by atoms with Crippen molar-refractivity contribution in [2.75, 3.05) is 20.1 Å². The number of fused-ring (bicyclic) bond motifs is 1. The van der Waals surface area contributed by atoms with E-state index in [1.807, 2.05) is 33.8 Å². The van der Waals surface area contributed by atoms with Crippen LogP contribution in [0.2, 0.25) is 0 Å². The van der Waals surface area contributed by atoms with Crippen LogP contribution in [0, 0.1) is 5.92 Å². The van der Waals surface area contributed by atoms with Gasteiger partial charge in [-0.05, 0) is 74.4 Å². The Morgan fingerprint density at radius 3 is 1.97 bits per heavy atom. The van der Waals surface area contributed by atoms with Gasteiger partial charge in [-0.1, -0.05) is 99.1 Å². The zero-order valence-corrected chi connectivity index (χ0v) is 24.8. The number of nitrogens with one attached hydrogen (secondary N) is 3. The maximum Gasteiger partial charge on any atom is 0.207 e. The molecule has 0 heterocycles. The summed E-state index contributed by atoms with van der Waals surface area (Å²) in [4.78, 5) is 20.1. The average molecular weight is 534 g/mol. The maximum atomic E-state index is 10.8. The maximum absolute atomic E-state index is 10.8. The predicted molar refractivity (Wildman–Crippen MR) is 169 cm³/mol. The number of rotatable bonds is 14. The molecule has 3 rings (SSSR count). The van der Waals surface area contributed by atoms with Crippen molar-refractivity contribution in [3.8, 4) is 0 Å². The summed E-state index contributed by atoms with van der Waals surface area (Å²) in [6.07, 6.45) is 8.69. The second kappa shape index (κ2) is 24.9. The lowest BCUT2D eigenvalue weighted by molar-refractivity contribution is -0.110. The van der Waals surface area contributed by atoms with Gasteiger partial charge in [-0.25, -0.2) is 0 Å². The van der Waals surface area contributed by atoms with Crippen LogP contribution in [0.15, 0.2) is 85.5 Å².